The number of carbonyl (C=O) groups is 2. The summed E-state index contributed by atoms with van der Waals surface area (Å²) >= 11 is 0. The Labute approximate surface area is 216 Å². The first-order chi connectivity index (χ1) is 18.1. The highest BCUT2D eigenvalue weighted by atomic mass is 16.7. The van der Waals surface area contributed by atoms with Gasteiger partial charge in [-0.2, -0.15) is 0 Å². The Morgan fingerprint density at radius 2 is 1.59 bits per heavy atom. The summed E-state index contributed by atoms with van der Waals surface area (Å²) in [5.74, 6) is 0.135. The molecule has 5 rings (SSSR count). The average molecular weight is 503 g/mol. The maximum Gasteiger partial charge on any atom is 0.266 e. The molecule has 192 valence electrons. The lowest BCUT2D eigenvalue weighted by Gasteiger charge is -2.29. The number of carbonyl (C=O) groups excluding carboxylic acids is 2. The third-order valence-electron chi connectivity index (χ3n) is 6.52. The highest BCUT2D eigenvalue weighted by Crippen LogP contribution is 2.49. The zero-order chi connectivity index (χ0) is 25.9. The molecular formula is C29H30N2O6. The van der Waals surface area contributed by atoms with E-state index in [9.17, 15) is 9.59 Å². The van der Waals surface area contributed by atoms with E-state index < -0.39 is 24.0 Å². The normalized spacial score (nSPS) is 20.8. The van der Waals surface area contributed by atoms with Gasteiger partial charge in [-0.25, -0.2) is 9.96 Å². The molecule has 0 saturated carbocycles. The van der Waals surface area contributed by atoms with Gasteiger partial charge in [0.05, 0.1) is 37.7 Å². The van der Waals surface area contributed by atoms with Gasteiger partial charge in [-0.1, -0.05) is 43.3 Å². The maximum absolute atomic E-state index is 13.9. The summed E-state index contributed by atoms with van der Waals surface area (Å²) in [7, 11) is 1.51. The second-order valence-corrected chi connectivity index (χ2v) is 8.83. The molecule has 3 atom stereocenters. The van der Waals surface area contributed by atoms with Crippen molar-refractivity contribution in [3.8, 4) is 17.2 Å². The summed E-state index contributed by atoms with van der Waals surface area (Å²) in [6, 6.07) is 21.5. The molecule has 8 nitrogen and oxygen atoms in total. The number of amides is 2. The van der Waals surface area contributed by atoms with Gasteiger partial charge < -0.3 is 14.2 Å². The van der Waals surface area contributed by atoms with Crippen LogP contribution in [0.15, 0.2) is 72.8 Å². The van der Waals surface area contributed by atoms with Crippen LogP contribution in [-0.4, -0.2) is 38.2 Å². The number of ether oxygens (including phenoxy) is 3. The van der Waals surface area contributed by atoms with Crippen molar-refractivity contribution in [2.24, 2.45) is 5.92 Å². The van der Waals surface area contributed by atoms with Crippen molar-refractivity contribution in [1.82, 2.24) is 0 Å². The molecule has 0 unspecified atom stereocenters. The van der Waals surface area contributed by atoms with E-state index in [1.807, 2.05) is 62.4 Å². The van der Waals surface area contributed by atoms with Crippen LogP contribution in [0.2, 0.25) is 0 Å². The summed E-state index contributed by atoms with van der Waals surface area (Å²) < 4.78 is 17.2. The van der Waals surface area contributed by atoms with E-state index >= 15 is 0 Å². The largest absolute Gasteiger partial charge is 0.495 e. The molecule has 37 heavy (non-hydrogen) atoms. The molecule has 2 aliphatic heterocycles. The number of imide groups is 1. The van der Waals surface area contributed by atoms with E-state index in [0.29, 0.717) is 36.1 Å². The van der Waals surface area contributed by atoms with Gasteiger partial charge in [0.15, 0.2) is 17.6 Å². The van der Waals surface area contributed by atoms with Crippen molar-refractivity contribution < 1.29 is 28.6 Å². The minimum atomic E-state index is -0.978. The second-order valence-electron chi connectivity index (χ2n) is 8.83. The lowest BCUT2D eigenvalue weighted by molar-refractivity contribution is -0.126. The van der Waals surface area contributed by atoms with Gasteiger partial charge in [0.1, 0.15) is 11.7 Å². The fourth-order valence-electron chi connectivity index (χ4n) is 4.91. The van der Waals surface area contributed by atoms with Gasteiger partial charge in [-0.3, -0.25) is 14.4 Å². The van der Waals surface area contributed by atoms with E-state index in [1.54, 1.807) is 29.3 Å². The minimum absolute atomic E-state index is 0.341. The van der Waals surface area contributed by atoms with Gasteiger partial charge in [-0.05, 0) is 55.3 Å². The third kappa shape index (κ3) is 4.38. The first-order valence-corrected chi connectivity index (χ1v) is 12.5. The van der Waals surface area contributed by atoms with Crippen molar-refractivity contribution in [2.45, 2.75) is 32.4 Å². The molecule has 8 heteroatoms. The zero-order valence-electron chi connectivity index (χ0n) is 21.1. The van der Waals surface area contributed by atoms with Crippen molar-refractivity contribution in [3.05, 3.63) is 78.4 Å². The van der Waals surface area contributed by atoms with Crippen LogP contribution in [0, 0.1) is 5.92 Å². The molecule has 0 radical (unpaired) electrons. The van der Waals surface area contributed by atoms with E-state index in [4.69, 9.17) is 19.0 Å². The number of rotatable bonds is 9. The first kappa shape index (κ1) is 24.6. The SMILES string of the molecule is CCCOc1ccc([C@H]2[C@H]3C(=O)N(c4ccccc4OC)C(=O)[C@@H]3ON2c2ccccc2)cc1OCC. The second kappa shape index (κ2) is 10.5. The molecule has 0 N–H and O–H groups in total. The molecule has 3 aromatic carbocycles. The molecule has 2 saturated heterocycles. The zero-order valence-corrected chi connectivity index (χ0v) is 21.1. The number of para-hydroxylation sites is 3. The molecule has 0 bridgehead atoms. The predicted molar refractivity (Wildman–Crippen MR) is 139 cm³/mol. The van der Waals surface area contributed by atoms with Gasteiger partial charge in [0.25, 0.3) is 5.91 Å². The standard InChI is InChI=1S/C29H30N2O6/c1-4-17-36-23-16-15-19(18-24(23)35-5-2)26-25-27(37-31(26)20-11-7-6-8-12-20)29(33)30(28(25)32)21-13-9-10-14-22(21)34-3/h6-16,18,25-27H,4-5,17H2,1-3H3/t25-,26+,27-/m1/s1. The summed E-state index contributed by atoms with van der Waals surface area (Å²) in [5, 5.41) is 1.67. The van der Waals surface area contributed by atoms with E-state index in [0.717, 1.165) is 17.7 Å². The highest BCUT2D eigenvalue weighted by molar-refractivity contribution is 6.24. The topological polar surface area (TPSA) is 77.5 Å². The molecule has 2 heterocycles. The van der Waals surface area contributed by atoms with Crippen LogP contribution in [-0.2, 0) is 14.4 Å². The van der Waals surface area contributed by atoms with Crippen LogP contribution in [0.4, 0.5) is 11.4 Å². The number of hydrogen-bond donors (Lipinski definition) is 0. The minimum Gasteiger partial charge on any atom is -0.495 e. The van der Waals surface area contributed by atoms with Crippen molar-refractivity contribution in [1.29, 1.82) is 0 Å². The number of nitrogens with zero attached hydrogens (tertiary/aromatic N) is 2. The van der Waals surface area contributed by atoms with Crippen LogP contribution >= 0.6 is 0 Å². The van der Waals surface area contributed by atoms with Crippen LogP contribution in [0.3, 0.4) is 0 Å². The predicted octanol–water partition coefficient (Wildman–Crippen LogP) is 4.93. The Morgan fingerprint density at radius 3 is 2.32 bits per heavy atom. The van der Waals surface area contributed by atoms with Crippen molar-refractivity contribution in [3.63, 3.8) is 0 Å². The maximum atomic E-state index is 13.9. The number of hydroxylamine groups is 1. The van der Waals surface area contributed by atoms with Crippen LogP contribution < -0.4 is 24.2 Å². The number of anilines is 2. The van der Waals surface area contributed by atoms with E-state index in [-0.39, 0.29) is 5.91 Å². The Morgan fingerprint density at radius 1 is 0.838 bits per heavy atom. The highest BCUT2D eigenvalue weighted by Gasteiger charge is 2.60. The Hall–Kier alpha value is -4.04. The van der Waals surface area contributed by atoms with Crippen molar-refractivity contribution >= 4 is 23.2 Å². The Kier molecular flexibility index (Phi) is 7.01. The van der Waals surface area contributed by atoms with E-state index in [1.165, 1.54) is 12.0 Å². The summed E-state index contributed by atoms with van der Waals surface area (Å²) in [5.41, 5.74) is 1.93. The van der Waals surface area contributed by atoms with Gasteiger partial charge >= 0.3 is 0 Å². The Balaban J connectivity index is 1.59. The molecular weight excluding hydrogens is 472 g/mol. The van der Waals surface area contributed by atoms with Gasteiger partial charge in [0, 0.05) is 0 Å². The summed E-state index contributed by atoms with van der Waals surface area (Å²) in [6.45, 7) is 4.97. The molecule has 2 amide bonds. The lowest BCUT2D eigenvalue weighted by Crippen LogP contribution is -2.37. The fraction of sp³-hybridized carbons (Fsp3) is 0.310. The molecule has 0 aromatic heterocycles. The number of hydrogen-bond acceptors (Lipinski definition) is 7. The summed E-state index contributed by atoms with van der Waals surface area (Å²) in [6.07, 6.45) is -0.112. The third-order valence-corrected chi connectivity index (χ3v) is 6.52. The summed E-state index contributed by atoms with van der Waals surface area (Å²) in [4.78, 5) is 35.0. The van der Waals surface area contributed by atoms with E-state index in [2.05, 4.69) is 0 Å². The quantitative estimate of drug-likeness (QED) is 0.384. The fourth-order valence-corrected chi connectivity index (χ4v) is 4.91. The van der Waals surface area contributed by atoms with Crippen LogP contribution in [0.1, 0.15) is 31.9 Å². The van der Waals surface area contributed by atoms with Gasteiger partial charge in [0.2, 0.25) is 5.91 Å². The number of fused-ring (bicyclic) bond motifs is 1. The first-order valence-electron chi connectivity index (χ1n) is 12.5. The Bertz CT molecular complexity index is 1280. The lowest BCUT2D eigenvalue weighted by atomic mass is 9.90. The number of benzene rings is 3. The molecule has 0 aliphatic carbocycles. The number of methoxy groups -OCH3 is 1. The smallest absolute Gasteiger partial charge is 0.266 e. The average Bonchev–Trinajstić information content (AvgIpc) is 3.44. The van der Waals surface area contributed by atoms with Crippen molar-refractivity contribution in [2.75, 3.05) is 30.3 Å². The molecule has 2 fully saturated rings. The van der Waals surface area contributed by atoms with Crippen LogP contribution in [0.5, 0.6) is 17.2 Å². The molecule has 2 aliphatic rings. The molecule has 3 aromatic rings. The monoisotopic (exact) mass is 502 g/mol. The van der Waals surface area contributed by atoms with Gasteiger partial charge in [-0.15, -0.1) is 0 Å². The van der Waals surface area contributed by atoms with Crippen LogP contribution in [0.25, 0.3) is 0 Å². The molecule has 0 spiro atoms.